The molecule has 8 heteroatoms. The topological polar surface area (TPSA) is 109 Å². The minimum atomic E-state index is -0.492. The van der Waals surface area contributed by atoms with Gasteiger partial charge in [0.05, 0.1) is 11.1 Å². The molecule has 0 bridgehead atoms. The van der Waals surface area contributed by atoms with Gasteiger partial charge in [-0.25, -0.2) is 14.4 Å². The van der Waals surface area contributed by atoms with Crippen molar-refractivity contribution >= 4 is 28.4 Å². The zero-order chi connectivity index (χ0) is 22.2. The molecular weight excluding hydrogens is 407 g/mol. The van der Waals surface area contributed by atoms with Gasteiger partial charge in [-0.2, -0.15) is 0 Å². The molecule has 5 N–H and O–H groups in total. The average molecular weight is 430 g/mol. The van der Waals surface area contributed by atoms with Crippen LogP contribution >= 0.6 is 0 Å². The Balaban J connectivity index is 1.61. The first-order valence-corrected chi connectivity index (χ1v) is 10.6. The van der Waals surface area contributed by atoms with Crippen LogP contribution in [0.4, 0.5) is 16.0 Å². The van der Waals surface area contributed by atoms with Gasteiger partial charge >= 0.3 is 0 Å². The summed E-state index contributed by atoms with van der Waals surface area (Å²) in [6, 6.07) is 11.9. The summed E-state index contributed by atoms with van der Waals surface area (Å²) in [6.45, 7) is 3.21. The Labute approximate surface area is 184 Å². The van der Waals surface area contributed by atoms with Crippen molar-refractivity contribution in [3.05, 3.63) is 70.7 Å². The molecule has 0 radical (unpaired) electrons. The first kappa shape index (κ1) is 20.0. The average Bonchev–Trinajstić information content (AvgIpc) is 3.13. The van der Waals surface area contributed by atoms with Crippen LogP contribution in [0.1, 0.15) is 33.6 Å². The number of hydrogen-bond acceptors (Lipinski definition) is 5. The standard InChI is InChI=1S/C24H23FN6O/c1-13-19(16-7-3-8-17(21(26)32)20(16)29-13)24-30-22-18(9-4-10-27-22)23(31-24)28-12-14-5-2-6-15(25)11-14/h2-3,5-8,11,29H,4,9-10,12H2,1H3,(H2,26,32)(H2,27,28,30,31). The summed E-state index contributed by atoms with van der Waals surface area (Å²) in [6.07, 6.45) is 1.84. The molecule has 4 aromatic rings. The first-order chi connectivity index (χ1) is 15.5. The van der Waals surface area contributed by atoms with E-state index >= 15 is 0 Å². The summed E-state index contributed by atoms with van der Waals surface area (Å²) in [7, 11) is 0. The van der Waals surface area contributed by atoms with Crippen molar-refractivity contribution in [1.29, 1.82) is 0 Å². The van der Waals surface area contributed by atoms with Gasteiger partial charge in [0.25, 0.3) is 5.91 Å². The monoisotopic (exact) mass is 430 g/mol. The maximum absolute atomic E-state index is 13.6. The Morgan fingerprint density at radius 2 is 2.06 bits per heavy atom. The fraction of sp³-hybridized carbons (Fsp3) is 0.208. The molecule has 0 saturated heterocycles. The van der Waals surface area contributed by atoms with Gasteiger partial charge in [0.2, 0.25) is 0 Å². The highest BCUT2D eigenvalue weighted by molar-refractivity contribution is 6.09. The van der Waals surface area contributed by atoms with Crippen molar-refractivity contribution in [2.45, 2.75) is 26.3 Å². The number of aromatic nitrogens is 3. The summed E-state index contributed by atoms with van der Waals surface area (Å²) in [5, 5.41) is 7.59. The van der Waals surface area contributed by atoms with E-state index in [0.717, 1.165) is 58.8 Å². The molecular formula is C24H23FN6O. The summed E-state index contributed by atoms with van der Waals surface area (Å²) < 4.78 is 13.6. The quantitative estimate of drug-likeness (QED) is 0.381. The Kier molecular flexibility index (Phi) is 4.97. The van der Waals surface area contributed by atoms with E-state index in [0.29, 0.717) is 23.4 Å². The molecule has 3 heterocycles. The number of nitrogens with one attached hydrogen (secondary N) is 3. The second-order valence-electron chi connectivity index (χ2n) is 7.95. The van der Waals surface area contributed by atoms with E-state index in [4.69, 9.17) is 15.7 Å². The zero-order valence-corrected chi connectivity index (χ0v) is 17.6. The van der Waals surface area contributed by atoms with E-state index in [1.165, 1.54) is 12.1 Å². The lowest BCUT2D eigenvalue weighted by molar-refractivity contribution is 0.100. The van der Waals surface area contributed by atoms with Crippen molar-refractivity contribution in [3.63, 3.8) is 0 Å². The largest absolute Gasteiger partial charge is 0.370 e. The van der Waals surface area contributed by atoms with E-state index < -0.39 is 5.91 Å². The molecule has 0 unspecified atom stereocenters. The third-order valence-electron chi connectivity index (χ3n) is 5.76. The number of carbonyl (C=O) groups is 1. The van der Waals surface area contributed by atoms with Crippen molar-refractivity contribution in [1.82, 2.24) is 15.0 Å². The molecule has 0 spiro atoms. The summed E-state index contributed by atoms with van der Waals surface area (Å²) in [5.74, 6) is 1.30. The van der Waals surface area contributed by atoms with E-state index in [2.05, 4.69) is 15.6 Å². The van der Waals surface area contributed by atoms with Gasteiger partial charge < -0.3 is 21.4 Å². The van der Waals surface area contributed by atoms with Crippen LogP contribution in [0.25, 0.3) is 22.3 Å². The van der Waals surface area contributed by atoms with Crippen LogP contribution < -0.4 is 16.4 Å². The Morgan fingerprint density at radius 3 is 2.88 bits per heavy atom. The Morgan fingerprint density at radius 1 is 1.22 bits per heavy atom. The lowest BCUT2D eigenvalue weighted by Gasteiger charge is -2.21. The fourth-order valence-corrected chi connectivity index (χ4v) is 4.27. The molecule has 1 aliphatic heterocycles. The Bertz CT molecular complexity index is 1350. The number of H-pyrrole nitrogens is 1. The number of nitrogens with two attached hydrogens (primary N) is 1. The molecule has 1 aliphatic rings. The number of benzene rings is 2. The number of para-hydroxylation sites is 1. The molecule has 5 rings (SSSR count). The van der Waals surface area contributed by atoms with Gasteiger partial charge in [0.15, 0.2) is 5.82 Å². The molecule has 0 aliphatic carbocycles. The lowest BCUT2D eigenvalue weighted by atomic mass is 10.0. The van der Waals surface area contributed by atoms with Gasteiger partial charge in [-0.05, 0) is 43.5 Å². The van der Waals surface area contributed by atoms with Gasteiger partial charge in [-0.1, -0.05) is 24.3 Å². The van der Waals surface area contributed by atoms with Crippen molar-refractivity contribution in [2.75, 3.05) is 17.2 Å². The molecule has 32 heavy (non-hydrogen) atoms. The number of aryl methyl sites for hydroxylation is 1. The van der Waals surface area contributed by atoms with Gasteiger partial charge in [0.1, 0.15) is 17.5 Å². The number of primary amides is 1. The van der Waals surface area contributed by atoms with Crippen LogP contribution in [0.2, 0.25) is 0 Å². The molecule has 2 aromatic heterocycles. The highest BCUT2D eigenvalue weighted by atomic mass is 19.1. The second kappa shape index (κ2) is 7.96. The third kappa shape index (κ3) is 3.53. The summed E-state index contributed by atoms with van der Waals surface area (Å²) >= 11 is 0. The lowest BCUT2D eigenvalue weighted by Crippen LogP contribution is -2.17. The Hall–Kier alpha value is -3.94. The van der Waals surface area contributed by atoms with Crippen molar-refractivity contribution < 1.29 is 9.18 Å². The summed E-state index contributed by atoms with van der Waals surface area (Å²) in [5.41, 5.74) is 10.2. The van der Waals surface area contributed by atoms with Gasteiger partial charge in [-0.15, -0.1) is 0 Å². The molecule has 0 saturated carbocycles. The number of fused-ring (bicyclic) bond motifs is 2. The van der Waals surface area contributed by atoms with Crippen LogP contribution in [0.3, 0.4) is 0 Å². The van der Waals surface area contributed by atoms with Crippen LogP contribution in [-0.4, -0.2) is 27.4 Å². The normalized spacial score (nSPS) is 12.9. The van der Waals surface area contributed by atoms with Gasteiger partial charge in [0, 0.05) is 35.3 Å². The highest BCUT2D eigenvalue weighted by Gasteiger charge is 2.22. The highest BCUT2D eigenvalue weighted by Crippen LogP contribution is 2.35. The van der Waals surface area contributed by atoms with Gasteiger partial charge in [-0.3, -0.25) is 4.79 Å². The van der Waals surface area contributed by atoms with Crippen molar-refractivity contribution in [3.8, 4) is 11.4 Å². The number of anilines is 2. The minimum Gasteiger partial charge on any atom is -0.370 e. The predicted octanol–water partition coefficient (Wildman–Crippen LogP) is 4.14. The SMILES string of the molecule is Cc1[nH]c2c(C(N)=O)cccc2c1-c1nc2c(c(NCc3cccc(F)c3)n1)CCCN2. The van der Waals surface area contributed by atoms with Crippen LogP contribution in [-0.2, 0) is 13.0 Å². The van der Waals surface area contributed by atoms with E-state index in [1.807, 2.05) is 19.1 Å². The number of halogens is 1. The molecule has 1 amide bonds. The molecule has 0 atom stereocenters. The second-order valence-corrected chi connectivity index (χ2v) is 7.95. The van der Waals surface area contributed by atoms with Crippen molar-refractivity contribution in [2.24, 2.45) is 5.73 Å². The van der Waals surface area contributed by atoms with E-state index in [-0.39, 0.29) is 5.82 Å². The molecule has 2 aromatic carbocycles. The molecule has 0 fully saturated rings. The number of nitrogens with zero attached hydrogens (tertiary/aromatic N) is 2. The van der Waals surface area contributed by atoms with E-state index in [1.54, 1.807) is 18.2 Å². The smallest absolute Gasteiger partial charge is 0.250 e. The third-order valence-corrected chi connectivity index (χ3v) is 5.76. The van der Waals surface area contributed by atoms with Crippen LogP contribution in [0, 0.1) is 12.7 Å². The first-order valence-electron chi connectivity index (χ1n) is 10.6. The summed E-state index contributed by atoms with van der Waals surface area (Å²) in [4.78, 5) is 24.8. The zero-order valence-electron chi connectivity index (χ0n) is 17.6. The minimum absolute atomic E-state index is 0.268. The van der Waals surface area contributed by atoms with E-state index in [9.17, 15) is 9.18 Å². The maximum atomic E-state index is 13.6. The number of amides is 1. The number of hydrogen-bond donors (Lipinski definition) is 4. The number of carbonyl (C=O) groups excluding carboxylic acids is 1. The van der Waals surface area contributed by atoms with Crippen LogP contribution in [0.15, 0.2) is 42.5 Å². The number of rotatable bonds is 5. The number of aromatic amines is 1. The molecule has 162 valence electrons. The molecule has 7 nitrogen and oxygen atoms in total. The predicted molar refractivity (Wildman–Crippen MR) is 123 cm³/mol. The maximum Gasteiger partial charge on any atom is 0.250 e. The van der Waals surface area contributed by atoms with Crippen LogP contribution in [0.5, 0.6) is 0 Å². The fourth-order valence-electron chi connectivity index (χ4n) is 4.27.